The van der Waals surface area contributed by atoms with Crippen molar-refractivity contribution in [3.8, 4) is 0 Å². The minimum absolute atomic E-state index is 0.0874. The van der Waals surface area contributed by atoms with Crippen LogP contribution in [-0.4, -0.2) is 41.1 Å². The Labute approximate surface area is 123 Å². The van der Waals surface area contributed by atoms with Crippen LogP contribution >= 0.6 is 12.6 Å². The summed E-state index contributed by atoms with van der Waals surface area (Å²) in [6.07, 6.45) is 2.93. The molecule has 0 radical (unpaired) electrons. The molecule has 1 aliphatic heterocycles. The van der Waals surface area contributed by atoms with Gasteiger partial charge in [-0.1, -0.05) is 12.8 Å². The number of carboxylic acid groups (broad SMARTS) is 1. The fraction of sp³-hybridized carbons (Fsp3) is 0.846. The molecule has 20 heavy (non-hydrogen) atoms. The summed E-state index contributed by atoms with van der Waals surface area (Å²) in [7, 11) is 0. The molecular weight excluding hydrogens is 280 g/mol. The molecule has 7 heteroatoms. The van der Waals surface area contributed by atoms with Gasteiger partial charge in [-0.05, 0) is 24.7 Å². The molecule has 1 saturated heterocycles. The van der Waals surface area contributed by atoms with E-state index in [0.717, 1.165) is 25.7 Å². The van der Waals surface area contributed by atoms with Crippen LogP contribution in [0.25, 0.3) is 0 Å². The van der Waals surface area contributed by atoms with E-state index in [1.807, 2.05) is 0 Å². The van der Waals surface area contributed by atoms with E-state index >= 15 is 0 Å². The predicted octanol–water partition coefficient (Wildman–Crippen LogP) is 1.00. The summed E-state index contributed by atoms with van der Waals surface area (Å²) in [6, 6.07) is -1.04. The number of piperidine rings is 1. The number of fused-ring (bicyclic) bond motifs is 1. The Morgan fingerprint density at radius 1 is 1.40 bits per heavy atom. The summed E-state index contributed by atoms with van der Waals surface area (Å²) >= 11 is 4.07. The lowest BCUT2D eigenvalue weighted by atomic mass is 9.69. The van der Waals surface area contributed by atoms with E-state index in [4.69, 9.17) is 15.6 Å². The second kappa shape index (κ2) is 6.78. The first-order valence-electron chi connectivity index (χ1n) is 7.08. The van der Waals surface area contributed by atoms with Crippen LogP contribution in [-0.2, 0) is 9.53 Å². The highest BCUT2D eigenvalue weighted by atomic mass is 32.1. The maximum atomic E-state index is 12.4. The van der Waals surface area contributed by atoms with Crippen molar-refractivity contribution in [3.63, 3.8) is 0 Å². The largest absolute Gasteiger partial charge is 0.507 e. The maximum Gasteiger partial charge on any atom is 0.507 e. The van der Waals surface area contributed by atoms with Crippen molar-refractivity contribution in [2.45, 2.75) is 50.4 Å². The molecule has 0 spiro atoms. The quantitative estimate of drug-likeness (QED) is 0.456. The number of nitrogens with one attached hydrogen (secondary N) is 1. The van der Waals surface area contributed by atoms with Crippen LogP contribution in [0.1, 0.15) is 32.1 Å². The fourth-order valence-corrected chi connectivity index (χ4v) is 3.63. The van der Waals surface area contributed by atoms with E-state index < -0.39 is 24.5 Å². The number of ether oxygens (including phenoxy) is 1. The Morgan fingerprint density at radius 2 is 2.10 bits per heavy atom. The third-order valence-corrected chi connectivity index (χ3v) is 4.78. The maximum absolute atomic E-state index is 12.4. The molecular formula is C13H22N2O4S. The Balaban J connectivity index is 2.12. The summed E-state index contributed by atoms with van der Waals surface area (Å²) in [6.45, 7) is 0. The Kier molecular flexibility index (Phi) is 5.29. The zero-order valence-corrected chi connectivity index (χ0v) is 12.2. The molecule has 0 aromatic rings. The molecule has 4 unspecified atom stereocenters. The first kappa shape index (κ1) is 15.6. The number of Topliss-reactive ketones (excluding diaryl/α,β-unsaturated/α-hetero) is 1. The van der Waals surface area contributed by atoms with Gasteiger partial charge in [-0.15, -0.1) is 0 Å². The molecule has 2 rings (SSSR count). The topological polar surface area (TPSA) is 102 Å². The van der Waals surface area contributed by atoms with E-state index in [0.29, 0.717) is 18.1 Å². The number of nitrogens with two attached hydrogens (primary N) is 1. The van der Waals surface area contributed by atoms with Gasteiger partial charge < -0.3 is 15.6 Å². The van der Waals surface area contributed by atoms with Gasteiger partial charge in [0, 0.05) is 12.2 Å². The second-order valence-corrected chi connectivity index (χ2v) is 6.02. The van der Waals surface area contributed by atoms with Crippen LogP contribution in [0.3, 0.4) is 0 Å². The molecule has 0 aromatic heterocycles. The van der Waals surface area contributed by atoms with Gasteiger partial charge in [0.2, 0.25) is 0 Å². The number of hydrogen-bond acceptors (Lipinski definition) is 6. The van der Waals surface area contributed by atoms with Crippen LogP contribution < -0.4 is 11.1 Å². The number of carbonyl (C=O) groups is 2. The molecule has 0 amide bonds. The van der Waals surface area contributed by atoms with Crippen LogP contribution in [0.2, 0.25) is 0 Å². The van der Waals surface area contributed by atoms with Crippen molar-refractivity contribution in [2.24, 2.45) is 17.6 Å². The van der Waals surface area contributed by atoms with Crippen LogP contribution in [0, 0.1) is 11.8 Å². The lowest BCUT2D eigenvalue weighted by molar-refractivity contribution is -0.128. The highest BCUT2D eigenvalue weighted by Crippen LogP contribution is 2.39. The molecule has 1 aliphatic carbocycles. The SMILES string of the molecule is N[C@H](CS)C(=O)C1NC(OC(=O)O)CC2CCCCC21. The van der Waals surface area contributed by atoms with Crippen molar-refractivity contribution in [2.75, 3.05) is 5.75 Å². The Hall–Kier alpha value is -0.790. The van der Waals surface area contributed by atoms with E-state index in [2.05, 4.69) is 17.9 Å². The molecule has 1 saturated carbocycles. The molecule has 1 heterocycles. The van der Waals surface area contributed by atoms with Crippen molar-refractivity contribution in [3.05, 3.63) is 0 Å². The third-order valence-electron chi connectivity index (χ3n) is 4.39. The van der Waals surface area contributed by atoms with Crippen molar-refractivity contribution < 1.29 is 19.4 Å². The van der Waals surface area contributed by atoms with E-state index in [-0.39, 0.29) is 11.7 Å². The summed E-state index contributed by atoms with van der Waals surface area (Å²) in [5.74, 6) is 0.764. The van der Waals surface area contributed by atoms with Gasteiger partial charge in [0.05, 0.1) is 12.1 Å². The van der Waals surface area contributed by atoms with E-state index in [1.54, 1.807) is 0 Å². The first-order chi connectivity index (χ1) is 9.52. The molecule has 4 N–H and O–H groups in total. The van der Waals surface area contributed by atoms with Gasteiger partial charge in [-0.3, -0.25) is 10.1 Å². The fourth-order valence-electron chi connectivity index (χ4n) is 3.45. The number of rotatable bonds is 4. The molecule has 0 bridgehead atoms. The normalized spacial score (nSPS) is 34.9. The number of hydrogen-bond donors (Lipinski definition) is 4. The lowest BCUT2D eigenvalue weighted by Gasteiger charge is -2.44. The zero-order chi connectivity index (χ0) is 14.7. The summed E-state index contributed by atoms with van der Waals surface area (Å²) in [4.78, 5) is 23.1. The summed E-state index contributed by atoms with van der Waals surface area (Å²) < 4.78 is 4.83. The number of carbonyl (C=O) groups excluding carboxylic acids is 1. The van der Waals surface area contributed by atoms with Gasteiger partial charge in [0.25, 0.3) is 0 Å². The van der Waals surface area contributed by atoms with Crippen LogP contribution in [0.5, 0.6) is 0 Å². The first-order valence-corrected chi connectivity index (χ1v) is 7.72. The minimum atomic E-state index is -1.32. The van der Waals surface area contributed by atoms with Gasteiger partial charge in [-0.25, -0.2) is 4.79 Å². The minimum Gasteiger partial charge on any atom is -0.450 e. The summed E-state index contributed by atoms with van der Waals surface area (Å²) in [5, 5.41) is 11.8. The zero-order valence-electron chi connectivity index (χ0n) is 11.3. The average Bonchev–Trinajstić information content (AvgIpc) is 2.44. The van der Waals surface area contributed by atoms with Crippen molar-refractivity contribution in [1.29, 1.82) is 0 Å². The molecule has 0 aromatic carbocycles. The van der Waals surface area contributed by atoms with Gasteiger partial charge in [0.15, 0.2) is 12.0 Å². The number of ketones is 1. The monoisotopic (exact) mass is 302 g/mol. The van der Waals surface area contributed by atoms with Crippen molar-refractivity contribution >= 4 is 24.6 Å². The molecule has 2 fully saturated rings. The Bertz CT molecular complexity index is 379. The number of thiol groups is 1. The van der Waals surface area contributed by atoms with Crippen molar-refractivity contribution in [1.82, 2.24) is 5.32 Å². The second-order valence-electron chi connectivity index (χ2n) is 5.65. The molecule has 2 aliphatic rings. The highest BCUT2D eigenvalue weighted by molar-refractivity contribution is 7.80. The predicted molar refractivity (Wildman–Crippen MR) is 76.7 cm³/mol. The summed E-state index contributed by atoms with van der Waals surface area (Å²) in [5.41, 5.74) is 5.79. The molecule has 114 valence electrons. The molecule has 6 nitrogen and oxygen atoms in total. The van der Waals surface area contributed by atoms with Gasteiger partial charge in [0.1, 0.15) is 0 Å². The van der Waals surface area contributed by atoms with Gasteiger partial charge >= 0.3 is 6.16 Å². The van der Waals surface area contributed by atoms with E-state index in [9.17, 15) is 9.59 Å². The average molecular weight is 302 g/mol. The smallest absolute Gasteiger partial charge is 0.450 e. The van der Waals surface area contributed by atoms with E-state index in [1.165, 1.54) is 0 Å². The Morgan fingerprint density at radius 3 is 2.75 bits per heavy atom. The lowest BCUT2D eigenvalue weighted by Crippen LogP contribution is -2.60. The molecule has 5 atom stereocenters. The van der Waals surface area contributed by atoms with Crippen LogP contribution in [0.15, 0.2) is 0 Å². The van der Waals surface area contributed by atoms with Gasteiger partial charge in [-0.2, -0.15) is 12.6 Å². The standard InChI is InChI=1S/C13H22N2O4S/c14-9(6-20)12(16)11-8-4-2-1-3-7(8)5-10(15-11)19-13(17)18/h7-11,15,20H,1-6,14H2,(H,17,18)/t7?,8?,9-,10?,11?/m1/s1. The highest BCUT2D eigenvalue weighted by Gasteiger charge is 2.43. The third kappa shape index (κ3) is 3.45. The van der Waals surface area contributed by atoms with Crippen LogP contribution in [0.4, 0.5) is 4.79 Å².